The zero-order valence-electron chi connectivity index (χ0n) is 13.6. The van der Waals surface area contributed by atoms with E-state index in [1.165, 1.54) is 11.3 Å². The number of anilines is 1. The van der Waals surface area contributed by atoms with E-state index in [1.54, 1.807) is 6.92 Å². The van der Waals surface area contributed by atoms with Crippen LogP contribution < -0.4 is 5.32 Å². The Morgan fingerprint density at radius 3 is 2.79 bits per heavy atom. The van der Waals surface area contributed by atoms with Crippen LogP contribution >= 0.6 is 11.3 Å². The number of hydrogen-bond acceptors (Lipinski definition) is 6. The topological polar surface area (TPSA) is 80.9 Å². The van der Waals surface area contributed by atoms with E-state index in [4.69, 9.17) is 4.52 Å². The van der Waals surface area contributed by atoms with Crippen LogP contribution in [0.1, 0.15) is 40.9 Å². The summed E-state index contributed by atoms with van der Waals surface area (Å²) in [5, 5.41) is 16.4. The summed E-state index contributed by atoms with van der Waals surface area (Å²) in [5.74, 6) is 0.188. The van der Waals surface area contributed by atoms with Crippen molar-refractivity contribution in [2.24, 2.45) is 0 Å². The van der Waals surface area contributed by atoms with Gasteiger partial charge in [-0.05, 0) is 13.3 Å². The number of carbonyl (C=O) groups excluding carboxylic acids is 1. The van der Waals surface area contributed by atoms with Crippen LogP contribution in [0.3, 0.4) is 0 Å². The second-order valence-electron chi connectivity index (χ2n) is 5.39. The highest BCUT2D eigenvalue weighted by atomic mass is 32.1. The summed E-state index contributed by atoms with van der Waals surface area (Å²) in [5.41, 5.74) is 1.79. The molecule has 0 unspecified atom stereocenters. The summed E-state index contributed by atoms with van der Waals surface area (Å²) in [4.78, 5) is 12.6. The number of hydrogen-bond donors (Lipinski definition) is 1. The van der Waals surface area contributed by atoms with Crippen LogP contribution in [0.15, 0.2) is 34.9 Å². The maximum absolute atomic E-state index is 12.6. The van der Waals surface area contributed by atoms with Crippen molar-refractivity contribution in [2.45, 2.75) is 33.1 Å². The molecule has 7 heteroatoms. The SMILES string of the molecule is CCCCc1nnc(NC(=O)c2c(-c3ccccc3)noc2C)s1. The second-order valence-corrected chi connectivity index (χ2v) is 6.45. The Morgan fingerprint density at radius 1 is 1.25 bits per heavy atom. The number of nitrogens with one attached hydrogen (secondary N) is 1. The molecule has 3 rings (SSSR count). The fourth-order valence-corrected chi connectivity index (χ4v) is 3.10. The third kappa shape index (κ3) is 3.51. The maximum Gasteiger partial charge on any atom is 0.263 e. The fourth-order valence-electron chi connectivity index (χ4n) is 2.33. The van der Waals surface area contributed by atoms with E-state index in [0.29, 0.717) is 22.1 Å². The number of aromatic nitrogens is 3. The van der Waals surface area contributed by atoms with Crippen LogP contribution in [0, 0.1) is 6.92 Å². The molecule has 124 valence electrons. The summed E-state index contributed by atoms with van der Waals surface area (Å²) in [7, 11) is 0. The van der Waals surface area contributed by atoms with Gasteiger partial charge in [0.05, 0.1) is 0 Å². The third-order valence-electron chi connectivity index (χ3n) is 3.57. The van der Waals surface area contributed by atoms with E-state index in [1.807, 2.05) is 30.3 Å². The van der Waals surface area contributed by atoms with Gasteiger partial charge in [-0.1, -0.05) is 60.2 Å². The summed E-state index contributed by atoms with van der Waals surface area (Å²) in [6.45, 7) is 3.85. The summed E-state index contributed by atoms with van der Waals surface area (Å²) >= 11 is 1.40. The zero-order valence-corrected chi connectivity index (χ0v) is 14.4. The number of carbonyl (C=O) groups is 1. The quantitative estimate of drug-likeness (QED) is 0.729. The van der Waals surface area contributed by atoms with Crippen LogP contribution in [0.4, 0.5) is 5.13 Å². The monoisotopic (exact) mass is 342 g/mol. The Kier molecular flexibility index (Phi) is 5.00. The Hall–Kier alpha value is -2.54. The van der Waals surface area contributed by atoms with Crippen molar-refractivity contribution in [3.8, 4) is 11.3 Å². The molecule has 0 spiro atoms. The summed E-state index contributed by atoms with van der Waals surface area (Å²) < 4.78 is 5.22. The minimum absolute atomic E-state index is 0.286. The van der Waals surface area contributed by atoms with Crippen molar-refractivity contribution in [3.05, 3.63) is 46.7 Å². The lowest BCUT2D eigenvalue weighted by molar-refractivity contribution is 0.102. The average molecular weight is 342 g/mol. The molecule has 0 aliphatic heterocycles. The highest BCUT2D eigenvalue weighted by molar-refractivity contribution is 7.15. The maximum atomic E-state index is 12.6. The molecule has 0 saturated carbocycles. The highest BCUT2D eigenvalue weighted by Crippen LogP contribution is 2.26. The molecule has 0 saturated heterocycles. The predicted molar refractivity (Wildman–Crippen MR) is 93.2 cm³/mol. The molecule has 0 radical (unpaired) electrons. The molecule has 3 aromatic rings. The zero-order chi connectivity index (χ0) is 16.9. The van der Waals surface area contributed by atoms with Crippen LogP contribution in [0.2, 0.25) is 0 Å². The highest BCUT2D eigenvalue weighted by Gasteiger charge is 2.22. The molecule has 2 heterocycles. The van der Waals surface area contributed by atoms with Crippen LogP contribution in [0.25, 0.3) is 11.3 Å². The van der Waals surface area contributed by atoms with Crippen molar-refractivity contribution >= 4 is 22.4 Å². The first-order valence-corrected chi connectivity index (χ1v) is 8.66. The van der Waals surface area contributed by atoms with Crippen LogP contribution in [-0.4, -0.2) is 21.3 Å². The largest absolute Gasteiger partial charge is 0.360 e. The number of amides is 1. The summed E-state index contributed by atoms with van der Waals surface area (Å²) in [6.07, 6.45) is 3.04. The second kappa shape index (κ2) is 7.35. The smallest absolute Gasteiger partial charge is 0.263 e. The fraction of sp³-hybridized carbons (Fsp3) is 0.294. The van der Waals surface area contributed by atoms with Gasteiger partial charge in [-0.2, -0.15) is 0 Å². The molecule has 2 aromatic heterocycles. The molecule has 6 nitrogen and oxygen atoms in total. The number of rotatable bonds is 6. The molecule has 0 aliphatic rings. The molecule has 0 bridgehead atoms. The molecule has 1 amide bonds. The van der Waals surface area contributed by atoms with Crippen molar-refractivity contribution in [2.75, 3.05) is 5.32 Å². The minimum atomic E-state index is -0.286. The van der Waals surface area contributed by atoms with Crippen LogP contribution in [0.5, 0.6) is 0 Å². The van der Waals surface area contributed by atoms with E-state index in [-0.39, 0.29) is 5.91 Å². The molecule has 0 fully saturated rings. The van der Waals surface area contributed by atoms with Crippen LogP contribution in [-0.2, 0) is 6.42 Å². The van der Waals surface area contributed by atoms with E-state index in [9.17, 15) is 4.79 Å². The normalized spacial score (nSPS) is 10.8. The first-order chi connectivity index (χ1) is 11.7. The third-order valence-corrected chi connectivity index (χ3v) is 4.47. The first-order valence-electron chi connectivity index (χ1n) is 7.84. The van der Waals surface area contributed by atoms with E-state index >= 15 is 0 Å². The van der Waals surface area contributed by atoms with Gasteiger partial charge in [0.2, 0.25) is 5.13 Å². The van der Waals surface area contributed by atoms with Gasteiger partial charge in [0.1, 0.15) is 22.0 Å². The van der Waals surface area contributed by atoms with Crippen molar-refractivity contribution in [1.82, 2.24) is 15.4 Å². The van der Waals surface area contributed by atoms with Gasteiger partial charge in [-0.25, -0.2) is 0 Å². The van der Waals surface area contributed by atoms with Gasteiger partial charge in [-0.3, -0.25) is 10.1 Å². The Balaban J connectivity index is 1.81. The van der Waals surface area contributed by atoms with E-state index in [0.717, 1.165) is 29.8 Å². The Morgan fingerprint density at radius 2 is 2.04 bits per heavy atom. The van der Waals surface area contributed by atoms with E-state index in [2.05, 4.69) is 27.6 Å². The van der Waals surface area contributed by atoms with E-state index < -0.39 is 0 Å². The number of unbranched alkanes of at least 4 members (excludes halogenated alkanes) is 1. The molecule has 24 heavy (non-hydrogen) atoms. The number of aryl methyl sites for hydroxylation is 2. The standard InChI is InChI=1S/C17H18N4O2S/c1-3-4-10-13-19-20-17(24-13)18-16(22)14-11(2)23-21-15(14)12-8-6-5-7-9-12/h5-9H,3-4,10H2,1-2H3,(H,18,20,22). The predicted octanol–water partition coefficient (Wildman–Crippen LogP) is 4.10. The Labute approximate surface area is 143 Å². The lowest BCUT2D eigenvalue weighted by Crippen LogP contribution is -2.13. The first kappa shape index (κ1) is 16.3. The molecule has 0 atom stereocenters. The van der Waals surface area contributed by atoms with Gasteiger partial charge in [0, 0.05) is 12.0 Å². The number of nitrogens with zero attached hydrogens (tertiary/aromatic N) is 3. The van der Waals surface area contributed by atoms with Gasteiger partial charge in [0.15, 0.2) is 0 Å². The molecular weight excluding hydrogens is 324 g/mol. The molecule has 1 aromatic carbocycles. The molecule has 0 aliphatic carbocycles. The Bertz CT molecular complexity index is 826. The lowest BCUT2D eigenvalue weighted by Gasteiger charge is -2.02. The van der Waals surface area contributed by atoms with Gasteiger partial charge >= 0.3 is 0 Å². The summed E-state index contributed by atoms with van der Waals surface area (Å²) in [6, 6.07) is 9.48. The molecule has 1 N–H and O–H groups in total. The van der Waals surface area contributed by atoms with Gasteiger partial charge in [-0.15, -0.1) is 10.2 Å². The van der Waals surface area contributed by atoms with Crippen molar-refractivity contribution in [3.63, 3.8) is 0 Å². The van der Waals surface area contributed by atoms with Gasteiger partial charge in [0.25, 0.3) is 5.91 Å². The van der Waals surface area contributed by atoms with Gasteiger partial charge < -0.3 is 4.52 Å². The lowest BCUT2D eigenvalue weighted by atomic mass is 10.1. The average Bonchev–Trinajstić information content (AvgIpc) is 3.20. The number of benzene rings is 1. The molecular formula is C17H18N4O2S. The van der Waals surface area contributed by atoms with Crippen molar-refractivity contribution in [1.29, 1.82) is 0 Å². The minimum Gasteiger partial charge on any atom is -0.360 e. The van der Waals surface area contributed by atoms with Crippen molar-refractivity contribution < 1.29 is 9.32 Å².